The summed E-state index contributed by atoms with van der Waals surface area (Å²) in [7, 11) is 0. The molecule has 0 N–H and O–H groups in total. The molecule has 0 fully saturated rings. The monoisotopic (exact) mass is 752 g/mol. The van der Waals surface area contributed by atoms with Crippen LogP contribution in [-0.4, -0.2) is 9.97 Å². The van der Waals surface area contributed by atoms with Crippen LogP contribution in [0.3, 0.4) is 0 Å². The fourth-order valence-electron chi connectivity index (χ4n) is 9.46. The van der Waals surface area contributed by atoms with Gasteiger partial charge in [-0.15, -0.1) is 0 Å². The Balaban J connectivity index is 1.02. The van der Waals surface area contributed by atoms with E-state index in [0.717, 1.165) is 33.5 Å². The van der Waals surface area contributed by atoms with Crippen molar-refractivity contribution in [1.82, 2.24) is 9.97 Å². The normalized spacial score (nSPS) is 12.7. The lowest BCUT2D eigenvalue weighted by molar-refractivity contribution is 0.662. The maximum Gasteiger partial charge on any atom is 0.160 e. The summed E-state index contributed by atoms with van der Waals surface area (Å²) in [6, 6.07) is 74.3. The minimum Gasteiger partial charge on any atom is -0.228 e. The third kappa shape index (κ3) is 5.87. The maximum atomic E-state index is 5.26. The Kier molecular flexibility index (Phi) is 8.20. The molecular formula is C57H40N2. The molecule has 0 unspecified atom stereocenters. The molecule has 0 radical (unpaired) electrons. The van der Waals surface area contributed by atoms with Crippen LogP contribution in [0.1, 0.15) is 25.0 Å². The van der Waals surface area contributed by atoms with E-state index in [0.29, 0.717) is 5.82 Å². The molecule has 59 heavy (non-hydrogen) atoms. The molecule has 0 saturated carbocycles. The van der Waals surface area contributed by atoms with E-state index in [-0.39, 0.29) is 5.41 Å². The fourth-order valence-corrected chi connectivity index (χ4v) is 9.46. The SMILES string of the molecule is CC1(C)c2ccccc2-c2cccc(-c3cccc(-c4ccc(-c5cc(-c6ccc(-c7cccc8ccccc78)cc6)nc(-c6ccccc6)n5)c5ccccc45)c3)c21. The molecule has 0 amide bonds. The first-order valence-corrected chi connectivity index (χ1v) is 20.4. The quantitative estimate of drug-likeness (QED) is 0.169. The lowest BCUT2D eigenvalue weighted by Crippen LogP contribution is -2.16. The highest BCUT2D eigenvalue weighted by Crippen LogP contribution is 2.52. The van der Waals surface area contributed by atoms with E-state index in [9.17, 15) is 0 Å². The summed E-state index contributed by atoms with van der Waals surface area (Å²) in [6.45, 7) is 4.72. The summed E-state index contributed by atoms with van der Waals surface area (Å²) in [4.78, 5) is 10.4. The molecule has 2 nitrogen and oxygen atoms in total. The van der Waals surface area contributed by atoms with Crippen molar-refractivity contribution in [3.05, 3.63) is 217 Å². The summed E-state index contributed by atoms with van der Waals surface area (Å²) in [5.41, 5.74) is 17.6. The van der Waals surface area contributed by atoms with Crippen molar-refractivity contribution in [3.63, 3.8) is 0 Å². The van der Waals surface area contributed by atoms with Gasteiger partial charge < -0.3 is 0 Å². The van der Waals surface area contributed by atoms with Crippen molar-refractivity contribution >= 4 is 21.5 Å². The van der Waals surface area contributed by atoms with E-state index >= 15 is 0 Å². The minimum atomic E-state index is -0.0965. The van der Waals surface area contributed by atoms with Crippen LogP contribution in [0.25, 0.3) is 100.0 Å². The van der Waals surface area contributed by atoms with Crippen LogP contribution in [0.5, 0.6) is 0 Å². The van der Waals surface area contributed by atoms with Crippen LogP contribution >= 0.6 is 0 Å². The third-order valence-electron chi connectivity index (χ3n) is 12.3. The first-order chi connectivity index (χ1) is 29.0. The molecule has 0 atom stereocenters. The standard InChI is InChI=1S/C57H40N2/c1-57(2)52-28-11-10-24-49(52)51-27-14-26-46(55(51)57)42-20-12-19-41(35-42)45-33-34-50(48-23-9-8-22-47(45)48)54-36-53(58-56(59-54)40-16-4-3-5-17-40)39-31-29-38(30-32-39)44-25-13-18-37-15-6-7-21-43(37)44/h3-36H,1-2H3. The second-order valence-electron chi connectivity index (χ2n) is 16.1. The summed E-state index contributed by atoms with van der Waals surface area (Å²) in [5.74, 6) is 0.706. The van der Waals surface area contributed by atoms with Crippen LogP contribution in [0.2, 0.25) is 0 Å². The molecule has 2 heteroatoms. The predicted octanol–water partition coefficient (Wildman–Crippen LogP) is 15.1. The lowest BCUT2D eigenvalue weighted by Gasteiger charge is -2.24. The Morgan fingerprint density at radius 1 is 0.322 bits per heavy atom. The van der Waals surface area contributed by atoms with Crippen molar-refractivity contribution in [3.8, 4) is 78.4 Å². The highest BCUT2D eigenvalue weighted by Gasteiger charge is 2.37. The zero-order chi connectivity index (χ0) is 39.5. The zero-order valence-electron chi connectivity index (χ0n) is 33.0. The summed E-state index contributed by atoms with van der Waals surface area (Å²) in [5, 5.41) is 4.83. The van der Waals surface area contributed by atoms with Crippen molar-refractivity contribution in [2.45, 2.75) is 19.3 Å². The summed E-state index contributed by atoms with van der Waals surface area (Å²) < 4.78 is 0. The number of benzene rings is 9. The average molecular weight is 753 g/mol. The zero-order valence-corrected chi connectivity index (χ0v) is 33.0. The van der Waals surface area contributed by atoms with E-state index in [2.05, 4.69) is 202 Å². The molecule has 1 aromatic heterocycles. The Hall–Kier alpha value is -7.42. The van der Waals surface area contributed by atoms with Crippen LogP contribution in [0, 0.1) is 0 Å². The Morgan fingerprint density at radius 2 is 0.847 bits per heavy atom. The van der Waals surface area contributed by atoms with Gasteiger partial charge in [-0.2, -0.15) is 0 Å². The van der Waals surface area contributed by atoms with Gasteiger partial charge in [0.15, 0.2) is 5.82 Å². The Labute approximate surface area is 345 Å². The third-order valence-corrected chi connectivity index (χ3v) is 12.3. The maximum absolute atomic E-state index is 5.26. The minimum absolute atomic E-state index is 0.0965. The first-order valence-electron chi connectivity index (χ1n) is 20.4. The number of rotatable bonds is 6. The Bertz CT molecular complexity index is 3230. The number of nitrogens with zero attached hydrogens (tertiary/aromatic N) is 2. The van der Waals surface area contributed by atoms with E-state index < -0.39 is 0 Å². The van der Waals surface area contributed by atoms with Crippen LogP contribution in [0.4, 0.5) is 0 Å². The van der Waals surface area contributed by atoms with Crippen molar-refractivity contribution in [2.24, 2.45) is 0 Å². The second-order valence-corrected chi connectivity index (χ2v) is 16.1. The average Bonchev–Trinajstić information content (AvgIpc) is 3.54. The number of hydrogen-bond donors (Lipinski definition) is 0. The van der Waals surface area contributed by atoms with Crippen molar-refractivity contribution in [1.29, 1.82) is 0 Å². The topological polar surface area (TPSA) is 25.8 Å². The molecule has 0 bridgehead atoms. The van der Waals surface area contributed by atoms with Gasteiger partial charge in [0.1, 0.15) is 0 Å². The summed E-state index contributed by atoms with van der Waals surface area (Å²) >= 11 is 0. The molecule has 1 aliphatic rings. The van der Waals surface area contributed by atoms with E-state index in [1.165, 1.54) is 71.8 Å². The fraction of sp³-hybridized carbons (Fsp3) is 0.0526. The number of fused-ring (bicyclic) bond motifs is 5. The van der Waals surface area contributed by atoms with E-state index in [1.807, 2.05) is 18.2 Å². The molecule has 0 saturated heterocycles. The lowest BCUT2D eigenvalue weighted by atomic mass is 9.78. The molecule has 0 aliphatic heterocycles. The second kappa shape index (κ2) is 13.9. The smallest absolute Gasteiger partial charge is 0.160 e. The number of hydrogen-bond acceptors (Lipinski definition) is 2. The van der Waals surface area contributed by atoms with Crippen LogP contribution in [-0.2, 0) is 5.41 Å². The molecule has 1 aliphatic carbocycles. The molecule has 9 aromatic carbocycles. The highest BCUT2D eigenvalue weighted by atomic mass is 14.9. The van der Waals surface area contributed by atoms with E-state index in [1.54, 1.807) is 0 Å². The Morgan fingerprint density at radius 3 is 1.68 bits per heavy atom. The van der Waals surface area contributed by atoms with E-state index in [4.69, 9.17) is 9.97 Å². The molecule has 278 valence electrons. The predicted molar refractivity (Wildman–Crippen MR) is 247 cm³/mol. The molecule has 10 aromatic rings. The van der Waals surface area contributed by atoms with Gasteiger partial charge in [0.25, 0.3) is 0 Å². The first kappa shape index (κ1) is 34.8. The molecule has 11 rings (SSSR count). The number of aromatic nitrogens is 2. The largest absolute Gasteiger partial charge is 0.228 e. The van der Waals surface area contributed by atoms with Crippen LogP contribution in [0.15, 0.2) is 206 Å². The molecule has 0 spiro atoms. The van der Waals surface area contributed by atoms with Gasteiger partial charge in [-0.25, -0.2) is 9.97 Å². The van der Waals surface area contributed by atoms with Crippen molar-refractivity contribution < 1.29 is 0 Å². The highest BCUT2D eigenvalue weighted by molar-refractivity contribution is 6.05. The summed E-state index contributed by atoms with van der Waals surface area (Å²) in [6.07, 6.45) is 0. The van der Waals surface area contributed by atoms with Gasteiger partial charge in [-0.3, -0.25) is 0 Å². The molecular weight excluding hydrogens is 713 g/mol. The van der Waals surface area contributed by atoms with Crippen LogP contribution < -0.4 is 0 Å². The molecule has 1 heterocycles. The van der Waals surface area contributed by atoms with Crippen molar-refractivity contribution in [2.75, 3.05) is 0 Å². The van der Waals surface area contributed by atoms with Gasteiger partial charge in [-0.1, -0.05) is 208 Å². The van der Waals surface area contributed by atoms with Gasteiger partial charge >= 0.3 is 0 Å². The van der Waals surface area contributed by atoms with Gasteiger partial charge in [-0.05, 0) is 89.3 Å². The van der Waals surface area contributed by atoms with Gasteiger partial charge in [0.2, 0.25) is 0 Å². The van der Waals surface area contributed by atoms with Gasteiger partial charge in [0, 0.05) is 22.1 Å². The van der Waals surface area contributed by atoms with Gasteiger partial charge in [0.05, 0.1) is 11.4 Å².